The molecule has 0 unspecified atom stereocenters. The Morgan fingerprint density at radius 2 is 1.85 bits per heavy atom. The Kier molecular flexibility index (Phi) is 5.61. The second-order valence-corrected chi connectivity index (χ2v) is 7.38. The van der Waals surface area contributed by atoms with Crippen LogP contribution in [0.5, 0.6) is 0 Å². The van der Waals surface area contributed by atoms with Gasteiger partial charge in [-0.15, -0.1) is 11.3 Å². The van der Waals surface area contributed by atoms with Gasteiger partial charge in [-0.1, -0.05) is 48.0 Å². The molecule has 0 aliphatic heterocycles. The lowest BCUT2D eigenvalue weighted by molar-refractivity contribution is -0.385. The summed E-state index contributed by atoms with van der Waals surface area (Å²) in [6, 6.07) is 14.6. The molecule has 3 aromatic rings. The minimum absolute atomic E-state index is 0.0528. The highest BCUT2D eigenvalue weighted by molar-refractivity contribution is 7.15. The van der Waals surface area contributed by atoms with Gasteiger partial charge in [0, 0.05) is 22.9 Å². The fraction of sp³-hybridized carbons (Fsp3) is 0.200. The first-order valence-electron chi connectivity index (χ1n) is 8.46. The highest BCUT2D eigenvalue weighted by Crippen LogP contribution is 2.26. The molecule has 0 saturated carbocycles. The van der Waals surface area contributed by atoms with Crippen molar-refractivity contribution in [2.75, 3.05) is 5.32 Å². The van der Waals surface area contributed by atoms with Gasteiger partial charge in [-0.25, -0.2) is 4.98 Å². The summed E-state index contributed by atoms with van der Waals surface area (Å²) in [5.74, 6) is -0.320. The molecule has 1 aromatic heterocycles. The van der Waals surface area contributed by atoms with E-state index in [1.54, 1.807) is 18.2 Å². The van der Waals surface area contributed by atoms with Crippen LogP contribution < -0.4 is 5.32 Å². The van der Waals surface area contributed by atoms with Crippen LogP contribution in [0.25, 0.3) is 0 Å². The van der Waals surface area contributed by atoms with Crippen LogP contribution in [0.3, 0.4) is 0 Å². The molecule has 1 N–H and O–H groups in total. The number of aryl methyl sites for hydroxylation is 2. The SMILES string of the molecule is Cc1ccc(Cc2sc(NC(=O)Cc3ccccc3[N+](=O)[O-])nc2C)cc1. The number of carbonyl (C=O) groups is 1. The van der Waals surface area contributed by atoms with Crippen molar-refractivity contribution in [2.24, 2.45) is 0 Å². The summed E-state index contributed by atoms with van der Waals surface area (Å²) >= 11 is 1.43. The number of carbonyl (C=O) groups excluding carboxylic acids is 1. The van der Waals surface area contributed by atoms with Crippen molar-refractivity contribution in [2.45, 2.75) is 26.7 Å². The van der Waals surface area contributed by atoms with E-state index < -0.39 is 4.92 Å². The summed E-state index contributed by atoms with van der Waals surface area (Å²) < 4.78 is 0. The minimum Gasteiger partial charge on any atom is -0.302 e. The number of para-hydroxylation sites is 1. The molecule has 0 spiro atoms. The van der Waals surface area contributed by atoms with E-state index in [1.165, 1.54) is 28.5 Å². The predicted molar refractivity (Wildman–Crippen MR) is 106 cm³/mol. The first-order chi connectivity index (χ1) is 12.9. The maximum Gasteiger partial charge on any atom is 0.273 e. The van der Waals surface area contributed by atoms with Gasteiger partial charge >= 0.3 is 0 Å². The maximum atomic E-state index is 12.3. The number of thiazole rings is 1. The van der Waals surface area contributed by atoms with Crippen LogP contribution >= 0.6 is 11.3 Å². The molecule has 0 atom stereocenters. The van der Waals surface area contributed by atoms with Crippen LogP contribution in [0.1, 0.15) is 27.3 Å². The number of nitrogens with one attached hydrogen (secondary N) is 1. The lowest BCUT2D eigenvalue weighted by Crippen LogP contribution is -2.15. The predicted octanol–water partition coefficient (Wildman–Crippen LogP) is 4.44. The van der Waals surface area contributed by atoms with E-state index in [0.29, 0.717) is 10.7 Å². The zero-order valence-corrected chi connectivity index (χ0v) is 15.9. The molecular weight excluding hydrogens is 362 g/mol. The molecule has 2 aromatic carbocycles. The number of hydrogen-bond donors (Lipinski definition) is 1. The average molecular weight is 381 g/mol. The Bertz CT molecular complexity index is 980. The molecule has 0 aliphatic rings. The van der Waals surface area contributed by atoms with Crippen molar-refractivity contribution in [3.05, 3.63) is 85.9 Å². The first kappa shape index (κ1) is 18.7. The number of rotatable bonds is 6. The quantitative estimate of drug-likeness (QED) is 0.505. The van der Waals surface area contributed by atoms with E-state index >= 15 is 0 Å². The van der Waals surface area contributed by atoms with Crippen molar-refractivity contribution < 1.29 is 9.72 Å². The summed E-state index contributed by atoms with van der Waals surface area (Å²) in [6.07, 6.45) is 0.687. The molecule has 0 aliphatic carbocycles. The largest absolute Gasteiger partial charge is 0.302 e. The standard InChI is InChI=1S/C20H19N3O3S/c1-13-7-9-15(10-8-13)11-18-14(2)21-20(27-18)22-19(24)12-16-5-3-4-6-17(16)23(25)26/h3-10H,11-12H2,1-2H3,(H,21,22,24). The van der Waals surface area contributed by atoms with Gasteiger partial charge in [0.1, 0.15) is 0 Å². The van der Waals surface area contributed by atoms with E-state index in [1.807, 2.05) is 13.8 Å². The lowest BCUT2D eigenvalue weighted by Gasteiger charge is -2.03. The van der Waals surface area contributed by atoms with Crippen molar-refractivity contribution in [1.82, 2.24) is 4.98 Å². The number of benzene rings is 2. The second-order valence-electron chi connectivity index (χ2n) is 6.30. The van der Waals surface area contributed by atoms with Crippen LogP contribution in [0, 0.1) is 24.0 Å². The minimum atomic E-state index is -0.476. The van der Waals surface area contributed by atoms with Crippen molar-refractivity contribution in [1.29, 1.82) is 0 Å². The molecule has 0 radical (unpaired) electrons. The molecule has 27 heavy (non-hydrogen) atoms. The average Bonchev–Trinajstić information content (AvgIpc) is 2.96. The van der Waals surface area contributed by atoms with Gasteiger partial charge in [0.15, 0.2) is 5.13 Å². The van der Waals surface area contributed by atoms with Crippen LogP contribution in [0.15, 0.2) is 48.5 Å². The molecule has 3 rings (SSSR count). The first-order valence-corrected chi connectivity index (χ1v) is 9.28. The van der Waals surface area contributed by atoms with E-state index in [2.05, 4.69) is 34.6 Å². The zero-order chi connectivity index (χ0) is 19.4. The topological polar surface area (TPSA) is 85.1 Å². The molecular formula is C20H19N3O3S. The summed E-state index contributed by atoms with van der Waals surface area (Å²) in [5.41, 5.74) is 3.60. The van der Waals surface area contributed by atoms with E-state index in [-0.39, 0.29) is 18.0 Å². The van der Waals surface area contributed by atoms with E-state index in [4.69, 9.17) is 0 Å². The van der Waals surface area contributed by atoms with Crippen molar-refractivity contribution in [3.8, 4) is 0 Å². The third-order valence-electron chi connectivity index (χ3n) is 4.16. The molecule has 0 fully saturated rings. The third kappa shape index (κ3) is 4.77. The third-order valence-corrected chi connectivity index (χ3v) is 5.24. The number of aromatic nitrogens is 1. The number of hydrogen-bond acceptors (Lipinski definition) is 5. The molecule has 1 amide bonds. The normalized spacial score (nSPS) is 10.6. The molecule has 0 saturated heterocycles. The molecule has 0 bridgehead atoms. The van der Waals surface area contributed by atoms with E-state index in [9.17, 15) is 14.9 Å². The van der Waals surface area contributed by atoms with Gasteiger partial charge in [-0.2, -0.15) is 0 Å². The van der Waals surface area contributed by atoms with Gasteiger partial charge in [0.2, 0.25) is 5.91 Å². The van der Waals surface area contributed by atoms with Gasteiger partial charge in [0.25, 0.3) is 5.69 Å². The Labute approximate surface area is 161 Å². The Balaban J connectivity index is 1.68. The monoisotopic (exact) mass is 381 g/mol. The summed E-state index contributed by atoms with van der Waals surface area (Å²) in [6.45, 7) is 3.96. The smallest absolute Gasteiger partial charge is 0.273 e. The van der Waals surface area contributed by atoms with E-state index in [0.717, 1.165) is 17.0 Å². The zero-order valence-electron chi connectivity index (χ0n) is 15.1. The number of anilines is 1. The Morgan fingerprint density at radius 3 is 2.56 bits per heavy atom. The molecule has 138 valence electrons. The Morgan fingerprint density at radius 1 is 1.15 bits per heavy atom. The number of nitro benzene ring substituents is 1. The lowest BCUT2D eigenvalue weighted by atomic mass is 10.1. The fourth-order valence-corrected chi connectivity index (χ4v) is 3.72. The van der Waals surface area contributed by atoms with Crippen LogP contribution in [-0.2, 0) is 17.6 Å². The second kappa shape index (κ2) is 8.09. The van der Waals surface area contributed by atoms with Gasteiger partial charge < -0.3 is 5.32 Å². The molecule has 1 heterocycles. The number of amides is 1. The van der Waals surface area contributed by atoms with Crippen LogP contribution in [0.2, 0.25) is 0 Å². The highest BCUT2D eigenvalue weighted by atomic mass is 32.1. The van der Waals surface area contributed by atoms with Gasteiger partial charge in [-0.3, -0.25) is 14.9 Å². The number of nitro groups is 1. The summed E-state index contributed by atoms with van der Waals surface area (Å²) in [5, 5.41) is 14.3. The molecule has 6 nitrogen and oxygen atoms in total. The highest BCUT2D eigenvalue weighted by Gasteiger charge is 2.17. The van der Waals surface area contributed by atoms with Crippen molar-refractivity contribution >= 4 is 28.1 Å². The van der Waals surface area contributed by atoms with Gasteiger partial charge in [0.05, 0.1) is 17.0 Å². The molecule has 7 heteroatoms. The van der Waals surface area contributed by atoms with Gasteiger partial charge in [-0.05, 0) is 19.4 Å². The summed E-state index contributed by atoms with van der Waals surface area (Å²) in [7, 11) is 0. The van der Waals surface area contributed by atoms with Crippen LogP contribution in [-0.4, -0.2) is 15.8 Å². The fourth-order valence-electron chi connectivity index (χ4n) is 2.71. The number of nitrogens with zero attached hydrogens (tertiary/aromatic N) is 2. The summed E-state index contributed by atoms with van der Waals surface area (Å²) in [4.78, 5) is 28.4. The van der Waals surface area contributed by atoms with Crippen LogP contribution in [0.4, 0.5) is 10.8 Å². The van der Waals surface area contributed by atoms with Crippen molar-refractivity contribution in [3.63, 3.8) is 0 Å². The Hall–Kier alpha value is -3.06. The maximum absolute atomic E-state index is 12.3.